The van der Waals surface area contributed by atoms with Gasteiger partial charge < -0.3 is 10.6 Å². The molecule has 4 nitrogen and oxygen atoms in total. The monoisotopic (exact) mass is 262 g/mol. The molecule has 0 amide bonds. The molecule has 1 aromatic rings. The summed E-state index contributed by atoms with van der Waals surface area (Å²) in [6.07, 6.45) is 6.70. The number of anilines is 2. The summed E-state index contributed by atoms with van der Waals surface area (Å²) >= 11 is 0. The molecule has 1 aliphatic carbocycles. The Bertz CT molecular complexity index is 422. The highest BCUT2D eigenvalue weighted by molar-refractivity contribution is 5.58. The van der Waals surface area contributed by atoms with Crippen molar-refractivity contribution < 1.29 is 0 Å². The van der Waals surface area contributed by atoms with Gasteiger partial charge in [0.15, 0.2) is 0 Å². The summed E-state index contributed by atoms with van der Waals surface area (Å²) in [7, 11) is 2.15. The van der Waals surface area contributed by atoms with Gasteiger partial charge in [-0.2, -0.15) is 0 Å². The van der Waals surface area contributed by atoms with Crippen molar-refractivity contribution in [3.8, 4) is 0 Å². The summed E-state index contributed by atoms with van der Waals surface area (Å²) in [6.45, 7) is 6.64. The fraction of sp³-hybridized carbons (Fsp3) is 0.733. The van der Waals surface area contributed by atoms with Gasteiger partial charge in [-0.3, -0.25) is 0 Å². The van der Waals surface area contributed by atoms with Gasteiger partial charge in [-0.25, -0.2) is 9.97 Å². The van der Waals surface area contributed by atoms with Crippen molar-refractivity contribution in [2.75, 3.05) is 17.7 Å². The molecule has 1 aliphatic rings. The summed E-state index contributed by atoms with van der Waals surface area (Å²) in [4.78, 5) is 10.9. The van der Waals surface area contributed by atoms with Crippen LogP contribution in [0, 0.1) is 5.92 Å². The van der Waals surface area contributed by atoms with Crippen LogP contribution in [-0.4, -0.2) is 23.1 Å². The van der Waals surface area contributed by atoms with Crippen molar-refractivity contribution in [1.29, 1.82) is 0 Å². The van der Waals surface area contributed by atoms with Crippen LogP contribution in [0.4, 0.5) is 11.6 Å². The number of nitrogens with zero attached hydrogens (tertiary/aromatic N) is 3. The Morgan fingerprint density at radius 1 is 1.21 bits per heavy atom. The van der Waals surface area contributed by atoms with Gasteiger partial charge in [0.1, 0.15) is 18.0 Å². The lowest BCUT2D eigenvalue weighted by molar-refractivity contribution is 0.339. The Morgan fingerprint density at radius 3 is 2.42 bits per heavy atom. The highest BCUT2D eigenvalue weighted by atomic mass is 15.2. The van der Waals surface area contributed by atoms with Gasteiger partial charge in [-0.05, 0) is 37.5 Å². The number of nitrogens with two attached hydrogens (primary N) is 1. The van der Waals surface area contributed by atoms with Gasteiger partial charge >= 0.3 is 0 Å². The average molecular weight is 262 g/mol. The second-order valence-corrected chi connectivity index (χ2v) is 6.18. The summed E-state index contributed by atoms with van der Waals surface area (Å²) in [5.41, 5.74) is 7.12. The Labute approximate surface area is 116 Å². The topological polar surface area (TPSA) is 55.0 Å². The number of nitrogen functional groups attached to an aromatic ring is 1. The van der Waals surface area contributed by atoms with Crippen LogP contribution < -0.4 is 10.6 Å². The predicted molar refractivity (Wildman–Crippen MR) is 80.4 cm³/mol. The van der Waals surface area contributed by atoms with Crippen LogP contribution in [-0.2, 0) is 0 Å². The van der Waals surface area contributed by atoms with Crippen molar-refractivity contribution >= 4 is 11.6 Å². The standard InChI is InChI=1S/C15H26N4/c1-10(2)13-14(16)17-9-18-15(13)19(4)12-7-5-11(3)6-8-12/h9-12H,5-8H2,1-4H3,(H2,16,17,18). The molecular weight excluding hydrogens is 236 g/mol. The van der Waals surface area contributed by atoms with E-state index in [9.17, 15) is 0 Å². The second-order valence-electron chi connectivity index (χ2n) is 6.18. The third-order valence-corrected chi connectivity index (χ3v) is 4.34. The smallest absolute Gasteiger partial charge is 0.137 e. The molecule has 4 heteroatoms. The highest BCUT2D eigenvalue weighted by Gasteiger charge is 2.25. The quantitative estimate of drug-likeness (QED) is 0.909. The van der Waals surface area contributed by atoms with Crippen molar-refractivity contribution in [3.05, 3.63) is 11.9 Å². The van der Waals surface area contributed by atoms with Crippen LogP contribution in [0.3, 0.4) is 0 Å². The molecule has 0 aliphatic heterocycles. The van der Waals surface area contributed by atoms with E-state index in [1.54, 1.807) is 6.33 Å². The first-order chi connectivity index (χ1) is 9.00. The second kappa shape index (κ2) is 5.76. The fourth-order valence-corrected chi connectivity index (χ4v) is 3.04. The minimum absolute atomic E-state index is 0.348. The molecule has 0 bridgehead atoms. The molecule has 0 unspecified atom stereocenters. The zero-order valence-corrected chi connectivity index (χ0v) is 12.6. The van der Waals surface area contributed by atoms with E-state index in [-0.39, 0.29) is 0 Å². The van der Waals surface area contributed by atoms with Crippen molar-refractivity contribution in [2.24, 2.45) is 5.92 Å². The van der Waals surface area contributed by atoms with Crippen molar-refractivity contribution in [3.63, 3.8) is 0 Å². The van der Waals surface area contributed by atoms with E-state index in [0.717, 1.165) is 17.3 Å². The number of aromatic nitrogens is 2. The summed E-state index contributed by atoms with van der Waals surface area (Å²) in [5.74, 6) is 2.85. The lowest BCUT2D eigenvalue weighted by Gasteiger charge is -2.35. The fourth-order valence-electron chi connectivity index (χ4n) is 3.04. The molecule has 0 radical (unpaired) electrons. The van der Waals surface area contributed by atoms with E-state index < -0.39 is 0 Å². The van der Waals surface area contributed by atoms with Crippen LogP contribution in [0.25, 0.3) is 0 Å². The maximum Gasteiger partial charge on any atom is 0.137 e. The van der Waals surface area contributed by atoms with Crippen molar-refractivity contribution in [2.45, 2.75) is 58.4 Å². The maximum absolute atomic E-state index is 6.03. The Hall–Kier alpha value is -1.32. The minimum atomic E-state index is 0.348. The Morgan fingerprint density at radius 2 is 1.84 bits per heavy atom. The zero-order chi connectivity index (χ0) is 14.0. The first-order valence-corrected chi connectivity index (χ1v) is 7.34. The van der Waals surface area contributed by atoms with Crippen LogP contribution >= 0.6 is 0 Å². The Kier molecular flexibility index (Phi) is 4.27. The van der Waals surface area contributed by atoms with E-state index in [1.165, 1.54) is 25.7 Å². The predicted octanol–water partition coefficient (Wildman–Crippen LogP) is 3.20. The summed E-state index contributed by atoms with van der Waals surface area (Å²) in [6, 6.07) is 0.586. The number of rotatable bonds is 3. The molecule has 1 fully saturated rings. The third-order valence-electron chi connectivity index (χ3n) is 4.34. The minimum Gasteiger partial charge on any atom is -0.383 e. The van der Waals surface area contributed by atoms with E-state index in [4.69, 9.17) is 5.73 Å². The van der Waals surface area contributed by atoms with Crippen LogP contribution in [0.2, 0.25) is 0 Å². The molecule has 1 saturated carbocycles. The molecule has 0 spiro atoms. The van der Waals surface area contributed by atoms with Crippen LogP contribution in [0.5, 0.6) is 0 Å². The molecule has 2 rings (SSSR count). The van der Waals surface area contributed by atoms with Gasteiger partial charge in [0, 0.05) is 18.7 Å². The van der Waals surface area contributed by atoms with E-state index in [0.29, 0.717) is 17.8 Å². The van der Waals surface area contributed by atoms with Crippen molar-refractivity contribution in [1.82, 2.24) is 9.97 Å². The normalized spacial score (nSPS) is 23.6. The number of hydrogen-bond donors (Lipinski definition) is 1. The van der Waals surface area contributed by atoms with Crippen LogP contribution in [0.15, 0.2) is 6.33 Å². The first kappa shape index (κ1) is 14.1. The van der Waals surface area contributed by atoms with E-state index in [2.05, 4.69) is 42.7 Å². The summed E-state index contributed by atoms with van der Waals surface area (Å²) < 4.78 is 0. The lowest BCUT2D eigenvalue weighted by Crippen LogP contribution is -2.36. The largest absolute Gasteiger partial charge is 0.383 e. The van der Waals surface area contributed by atoms with Gasteiger partial charge in [-0.1, -0.05) is 20.8 Å². The van der Waals surface area contributed by atoms with Gasteiger partial charge in [0.2, 0.25) is 0 Å². The molecule has 0 aromatic carbocycles. The van der Waals surface area contributed by atoms with E-state index >= 15 is 0 Å². The highest BCUT2D eigenvalue weighted by Crippen LogP contribution is 2.33. The SMILES string of the molecule is CC1CCC(N(C)c2ncnc(N)c2C(C)C)CC1. The molecule has 0 atom stereocenters. The van der Waals surface area contributed by atoms with Gasteiger partial charge in [-0.15, -0.1) is 0 Å². The van der Waals surface area contributed by atoms with Gasteiger partial charge in [0.05, 0.1) is 0 Å². The molecule has 106 valence electrons. The average Bonchev–Trinajstić information content (AvgIpc) is 2.38. The van der Waals surface area contributed by atoms with E-state index in [1.807, 2.05) is 0 Å². The third kappa shape index (κ3) is 2.99. The number of hydrogen-bond acceptors (Lipinski definition) is 4. The Balaban J connectivity index is 2.23. The molecular formula is C15H26N4. The van der Waals surface area contributed by atoms with Gasteiger partial charge in [0.25, 0.3) is 0 Å². The zero-order valence-electron chi connectivity index (χ0n) is 12.6. The molecule has 2 N–H and O–H groups in total. The van der Waals surface area contributed by atoms with Crippen LogP contribution in [0.1, 0.15) is 57.9 Å². The first-order valence-electron chi connectivity index (χ1n) is 7.34. The lowest BCUT2D eigenvalue weighted by atomic mass is 9.86. The molecule has 19 heavy (non-hydrogen) atoms. The maximum atomic E-state index is 6.03. The molecule has 1 heterocycles. The molecule has 0 saturated heterocycles. The summed E-state index contributed by atoms with van der Waals surface area (Å²) in [5, 5.41) is 0. The molecule has 1 aromatic heterocycles.